The van der Waals surface area contributed by atoms with Crippen molar-refractivity contribution in [1.82, 2.24) is 0 Å². The van der Waals surface area contributed by atoms with E-state index in [0.717, 1.165) is 0 Å². The molecule has 0 aliphatic heterocycles. The number of hydrogen-bond acceptors (Lipinski definition) is 8. The number of carbonyl (C=O) groups is 4. The molecule has 0 aromatic carbocycles. The van der Waals surface area contributed by atoms with Crippen molar-refractivity contribution in [2.45, 2.75) is 127 Å². The molecule has 0 saturated heterocycles. The molecule has 2 unspecified atom stereocenters. The van der Waals surface area contributed by atoms with Gasteiger partial charge >= 0.3 is 11.9 Å². The third kappa shape index (κ3) is 9.17. The first-order chi connectivity index (χ1) is 16.3. The summed E-state index contributed by atoms with van der Waals surface area (Å²) in [4.78, 5) is 50.7. The van der Waals surface area contributed by atoms with Crippen LogP contribution < -0.4 is 0 Å². The number of Topliss-reactive ketones (excluding diaryl/α,β-unsaturated/α-hetero) is 2. The predicted molar refractivity (Wildman–Crippen MR) is 143 cm³/mol. The Balaban J connectivity index is 5.11. The number of ketones is 2. The van der Waals surface area contributed by atoms with E-state index in [9.17, 15) is 19.2 Å². The normalized spacial score (nSPS) is 15.2. The van der Waals surface area contributed by atoms with E-state index >= 15 is 0 Å². The summed E-state index contributed by atoms with van der Waals surface area (Å²) in [6.07, 6.45) is -1.90. The van der Waals surface area contributed by atoms with Gasteiger partial charge < -0.3 is 18.9 Å². The highest BCUT2D eigenvalue weighted by Crippen LogP contribution is 2.39. The highest BCUT2D eigenvalue weighted by molar-refractivity contribution is 5.91. The van der Waals surface area contributed by atoms with Crippen molar-refractivity contribution in [1.29, 1.82) is 0 Å². The van der Waals surface area contributed by atoms with E-state index in [1.165, 1.54) is 6.92 Å². The fraction of sp³-hybridized carbons (Fsp3) is 0.862. The van der Waals surface area contributed by atoms with Gasteiger partial charge in [0.15, 0.2) is 30.4 Å². The molecule has 8 heteroatoms. The average Bonchev–Trinajstić information content (AvgIpc) is 2.73. The van der Waals surface area contributed by atoms with E-state index < -0.39 is 52.8 Å². The summed E-state index contributed by atoms with van der Waals surface area (Å²) in [5.74, 6) is -1.71. The number of hydrogen-bond donors (Lipinski definition) is 0. The lowest BCUT2D eigenvalue weighted by molar-refractivity contribution is -0.183. The maximum absolute atomic E-state index is 13.3. The zero-order chi connectivity index (χ0) is 29.8. The Bertz CT molecular complexity index is 827. The first-order valence-corrected chi connectivity index (χ1v) is 13.1. The van der Waals surface area contributed by atoms with Crippen LogP contribution in [-0.4, -0.2) is 60.1 Å². The smallest absolute Gasteiger partial charge is 0.335 e. The van der Waals surface area contributed by atoms with Crippen molar-refractivity contribution in [2.24, 2.45) is 22.2 Å². The van der Waals surface area contributed by atoms with Gasteiger partial charge in [0, 0.05) is 5.41 Å². The monoisotopic (exact) mass is 528 g/mol. The second-order valence-corrected chi connectivity index (χ2v) is 13.3. The van der Waals surface area contributed by atoms with Crippen LogP contribution in [0.5, 0.6) is 0 Å². The molecule has 0 heterocycles. The third-order valence-corrected chi connectivity index (χ3v) is 8.47. The van der Waals surface area contributed by atoms with Gasteiger partial charge in [0.1, 0.15) is 6.61 Å². The first kappa shape index (κ1) is 35.2. The minimum absolute atomic E-state index is 0.175. The predicted octanol–water partition coefficient (Wildman–Crippen LogP) is 5.33. The van der Waals surface area contributed by atoms with Crippen molar-refractivity contribution >= 4 is 23.5 Å². The Kier molecular flexibility index (Phi) is 11.8. The van der Waals surface area contributed by atoms with Crippen molar-refractivity contribution in [3.8, 4) is 0 Å². The topological polar surface area (TPSA) is 105 Å². The summed E-state index contributed by atoms with van der Waals surface area (Å²) in [6.45, 7) is 26.3. The van der Waals surface area contributed by atoms with Crippen molar-refractivity contribution in [3.05, 3.63) is 0 Å². The van der Waals surface area contributed by atoms with Crippen LogP contribution in [0.3, 0.4) is 0 Å². The molecule has 37 heavy (non-hydrogen) atoms. The number of rotatable bonds is 14. The Morgan fingerprint density at radius 2 is 1.16 bits per heavy atom. The molecule has 0 aromatic heterocycles. The Hall–Kier alpha value is -1.80. The van der Waals surface area contributed by atoms with Gasteiger partial charge in [-0.2, -0.15) is 0 Å². The van der Waals surface area contributed by atoms with E-state index in [4.69, 9.17) is 18.9 Å². The van der Waals surface area contributed by atoms with Gasteiger partial charge in [0.25, 0.3) is 0 Å². The number of esters is 2. The molecular formula is C29H52O8. The summed E-state index contributed by atoms with van der Waals surface area (Å²) < 4.78 is 22.2. The van der Waals surface area contributed by atoms with E-state index in [0.29, 0.717) is 0 Å². The maximum atomic E-state index is 13.3. The molecule has 0 spiro atoms. The van der Waals surface area contributed by atoms with Gasteiger partial charge in [-0.05, 0) is 66.7 Å². The van der Waals surface area contributed by atoms with Gasteiger partial charge in [-0.1, -0.05) is 48.5 Å². The van der Waals surface area contributed by atoms with Crippen LogP contribution >= 0.6 is 0 Å². The average molecular weight is 529 g/mol. The van der Waals surface area contributed by atoms with Crippen LogP contribution in [-0.2, 0) is 38.1 Å². The van der Waals surface area contributed by atoms with Gasteiger partial charge in [-0.15, -0.1) is 0 Å². The standard InChI is InChI=1S/C29H52O8/c1-18(2)28(12,13)37-20(4)24(33)36-19(3)23(32)27(10,11)29(14,15)35-17-22(31)34-16-21(30)26(8,9)25(5,6)7/h18-20H,16-17H2,1-15H3. The molecule has 216 valence electrons. The van der Waals surface area contributed by atoms with Crippen molar-refractivity contribution < 1.29 is 38.1 Å². The molecule has 0 rings (SSSR count). The van der Waals surface area contributed by atoms with E-state index in [1.807, 2.05) is 62.3 Å². The summed E-state index contributed by atoms with van der Waals surface area (Å²) in [5.41, 5.74) is -3.75. The lowest BCUT2D eigenvalue weighted by atomic mass is 9.67. The molecule has 0 saturated carbocycles. The van der Waals surface area contributed by atoms with Gasteiger partial charge in [-0.3, -0.25) is 9.59 Å². The quantitative estimate of drug-likeness (QED) is 0.279. The maximum Gasteiger partial charge on any atom is 0.335 e. The highest BCUT2D eigenvalue weighted by Gasteiger charge is 2.47. The summed E-state index contributed by atoms with van der Waals surface area (Å²) in [7, 11) is 0. The Labute approximate surface area is 224 Å². The first-order valence-electron chi connectivity index (χ1n) is 13.1. The van der Waals surface area contributed by atoms with Crippen LogP contribution in [0, 0.1) is 22.2 Å². The number of ether oxygens (including phenoxy) is 4. The molecule has 0 N–H and O–H groups in total. The molecule has 0 bridgehead atoms. The summed E-state index contributed by atoms with van der Waals surface area (Å²) in [6, 6.07) is 0. The largest absolute Gasteiger partial charge is 0.456 e. The van der Waals surface area contributed by atoms with E-state index in [1.54, 1.807) is 34.6 Å². The van der Waals surface area contributed by atoms with E-state index in [2.05, 4.69) is 0 Å². The SMILES string of the molecule is CC(OC(C)(C)C(C)C)C(=O)OC(C)C(=O)C(C)(C)C(C)(C)OCC(=O)OCC(=O)C(C)(C)C(C)(C)C. The zero-order valence-corrected chi connectivity index (χ0v) is 25.9. The molecule has 0 aliphatic carbocycles. The summed E-state index contributed by atoms with van der Waals surface area (Å²) >= 11 is 0. The molecule has 8 nitrogen and oxygen atoms in total. The van der Waals surface area contributed by atoms with Crippen LogP contribution in [0.1, 0.15) is 104 Å². The fourth-order valence-corrected chi connectivity index (χ4v) is 2.97. The van der Waals surface area contributed by atoms with Gasteiger partial charge in [0.05, 0.1) is 16.6 Å². The molecular weight excluding hydrogens is 476 g/mol. The molecule has 0 radical (unpaired) electrons. The second kappa shape index (κ2) is 12.4. The lowest BCUT2D eigenvalue weighted by Crippen LogP contribution is -2.52. The van der Waals surface area contributed by atoms with E-state index in [-0.39, 0.29) is 29.5 Å². The third-order valence-electron chi connectivity index (χ3n) is 8.47. The van der Waals surface area contributed by atoms with Crippen LogP contribution in [0.2, 0.25) is 0 Å². The van der Waals surface area contributed by atoms with Crippen LogP contribution in [0.4, 0.5) is 0 Å². The minimum atomic E-state index is -1.13. The highest BCUT2D eigenvalue weighted by atomic mass is 16.6. The molecule has 0 aliphatic rings. The Morgan fingerprint density at radius 1 is 0.676 bits per heavy atom. The fourth-order valence-electron chi connectivity index (χ4n) is 2.97. The van der Waals surface area contributed by atoms with Crippen LogP contribution in [0.25, 0.3) is 0 Å². The number of carbonyl (C=O) groups excluding carboxylic acids is 4. The lowest BCUT2D eigenvalue weighted by Gasteiger charge is -2.41. The molecule has 0 fully saturated rings. The summed E-state index contributed by atoms with van der Waals surface area (Å²) in [5, 5.41) is 0. The van der Waals surface area contributed by atoms with Gasteiger partial charge in [0.2, 0.25) is 0 Å². The molecule has 0 aromatic rings. The second-order valence-electron chi connectivity index (χ2n) is 13.3. The van der Waals surface area contributed by atoms with Gasteiger partial charge in [-0.25, -0.2) is 9.59 Å². The molecule has 0 amide bonds. The van der Waals surface area contributed by atoms with Crippen molar-refractivity contribution in [2.75, 3.05) is 13.2 Å². The van der Waals surface area contributed by atoms with Crippen LogP contribution in [0.15, 0.2) is 0 Å². The molecule has 2 atom stereocenters. The Morgan fingerprint density at radius 3 is 1.59 bits per heavy atom. The van der Waals surface area contributed by atoms with Crippen molar-refractivity contribution in [3.63, 3.8) is 0 Å². The minimum Gasteiger partial charge on any atom is -0.456 e. The zero-order valence-electron chi connectivity index (χ0n) is 25.9.